The van der Waals surface area contributed by atoms with Gasteiger partial charge < -0.3 is 5.32 Å². The third-order valence-corrected chi connectivity index (χ3v) is 6.17. The van der Waals surface area contributed by atoms with E-state index in [1.807, 2.05) is 30.3 Å². The summed E-state index contributed by atoms with van der Waals surface area (Å²) in [7, 11) is 0. The van der Waals surface area contributed by atoms with Crippen LogP contribution in [0.15, 0.2) is 78.9 Å². The average Bonchev–Trinajstić information content (AvgIpc) is 3.18. The molecule has 0 radical (unpaired) electrons. The van der Waals surface area contributed by atoms with E-state index >= 15 is 0 Å². The maximum Gasteiger partial charge on any atom is 0.226 e. The highest BCUT2D eigenvalue weighted by Crippen LogP contribution is 2.35. The largest absolute Gasteiger partial charge is 0.352 e. The van der Waals surface area contributed by atoms with Gasteiger partial charge in [0.25, 0.3) is 0 Å². The van der Waals surface area contributed by atoms with Crippen LogP contribution in [0.5, 0.6) is 0 Å². The molecule has 0 unspecified atom stereocenters. The van der Waals surface area contributed by atoms with Crippen LogP contribution in [0, 0.1) is 13.8 Å². The smallest absolute Gasteiger partial charge is 0.226 e. The number of nitrogens with one attached hydrogen (secondary N) is 1. The second-order valence-electron chi connectivity index (χ2n) is 7.47. The van der Waals surface area contributed by atoms with E-state index in [0.717, 1.165) is 32.3 Å². The van der Waals surface area contributed by atoms with Gasteiger partial charge in [0.1, 0.15) is 5.01 Å². The summed E-state index contributed by atoms with van der Waals surface area (Å²) in [6, 6.07) is 26.7. The fraction of sp³-hybridized carbons (Fsp3) is 0.154. The Balaban J connectivity index is 1.57. The first-order valence-electron chi connectivity index (χ1n) is 10.0. The quantitative estimate of drug-likeness (QED) is 0.425. The van der Waals surface area contributed by atoms with Crippen LogP contribution in [-0.2, 0) is 17.8 Å². The molecule has 0 spiro atoms. The van der Waals surface area contributed by atoms with Crippen molar-refractivity contribution in [3.8, 4) is 21.0 Å². The van der Waals surface area contributed by atoms with Gasteiger partial charge in [-0.1, -0.05) is 90.0 Å². The van der Waals surface area contributed by atoms with Gasteiger partial charge in [0.2, 0.25) is 5.91 Å². The minimum Gasteiger partial charge on any atom is -0.352 e. The number of carbonyl (C=O) groups excluding carboxylic acids is 1. The zero-order valence-electron chi connectivity index (χ0n) is 17.2. The molecule has 1 amide bonds. The van der Waals surface area contributed by atoms with E-state index in [4.69, 9.17) is 4.98 Å². The molecule has 4 rings (SSSR count). The highest BCUT2D eigenvalue weighted by Gasteiger charge is 2.17. The predicted molar refractivity (Wildman–Crippen MR) is 124 cm³/mol. The van der Waals surface area contributed by atoms with Crippen LogP contribution in [0.4, 0.5) is 0 Å². The molecule has 3 nitrogen and oxygen atoms in total. The Labute approximate surface area is 181 Å². The molecule has 1 heterocycles. The van der Waals surface area contributed by atoms with Crippen molar-refractivity contribution in [3.05, 3.63) is 101 Å². The van der Waals surface area contributed by atoms with E-state index in [1.54, 1.807) is 11.3 Å². The summed E-state index contributed by atoms with van der Waals surface area (Å²) in [6.45, 7) is 4.65. The Morgan fingerprint density at radius 1 is 0.833 bits per heavy atom. The Kier molecular flexibility index (Phi) is 6.05. The molecule has 1 aromatic heterocycles. The van der Waals surface area contributed by atoms with E-state index in [-0.39, 0.29) is 12.3 Å². The van der Waals surface area contributed by atoms with Crippen molar-refractivity contribution >= 4 is 17.2 Å². The summed E-state index contributed by atoms with van der Waals surface area (Å²) in [6.07, 6.45) is 0.262. The zero-order chi connectivity index (χ0) is 20.9. The second-order valence-corrected chi connectivity index (χ2v) is 8.47. The summed E-state index contributed by atoms with van der Waals surface area (Å²) in [5.74, 6) is -0.0196. The molecule has 0 aliphatic heterocycles. The first-order valence-corrected chi connectivity index (χ1v) is 10.8. The van der Waals surface area contributed by atoms with Crippen molar-refractivity contribution in [3.63, 3.8) is 0 Å². The van der Waals surface area contributed by atoms with Gasteiger partial charge in [-0.25, -0.2) is 4.98 Å². The van der Waals surface area contributed by atoms with Crippen molar-refractivity contribution < 1.29 is 4.79 Å². The van der Waals surface area contributed by atoms with Crippen LogP contribution in [0.3, 0.4) is 0 Å². The van der Waals surface area contributed by atoms with E-state index in [1.165, 1.54) is 11.1 Å². The van der Waals surface area contributed by atoms with E-state index < -0.39 is 0 Å². The third-order valence-electron chi connectivity index (χ3n) is 4.97. The number of aryl methyl sites for hydroxylation is 2. The maximum atomic E-state index is 12.7. The molecule has 0 saturated heterocycles. The van der Waals surface area contributed by atoms with Gasteiger partial charge in [-0.3, -0.25) is 4.79 Å². The topological polar surface area (TPSA) is 42.0 Å². The fourth-order valence-electron chi connectivity index (χ4n) is 3.23. The van der Waals surface area contributed by atoms with Crippen molar-refractivity contribution in [1.29, 1.82) is 0 Å². The van der Waals surface area contributed by atoms with Gasteiger partial charge in [-0.05, 0) is 25.0 Å². The molecular weight excluding hydrogens is 388 g/mol. The van der Waals surface area contributed by atoms with Crippen molar-refractivity contribution in [2.75, 3.05) is 0 Å². The zero-order valence-corrected chi connectivity index (χ0v) is 18.0. The molecule has 0 bridgehead atoms. The Morgan fingerprint density at radius 2 is 1.47 bits per heavy atom. The molecule has 0 saturated carbocycles. The number of carbonyl (C=O) groups is 1. The van der Waals surface area contributed by atoms with Crippen molar-refractivity contribution in [2.45, 2.75) is 26.8 Å². The van der Waals surface area contributed by atoms with Gasteiger partial charge in [-0.2, -0.15) is 0 Å². The number of nitrogens with zero attached hydrogens (tertiary/aromatic N) is 1. The second kappa shape index (κ2) is 9.06. The SMILES string of the molecule is Cc1ccc(CNC(=O)Cc2nc(-c3ccccc3)sc2-c2ccc(C)cc2)cc1. The van der Waals surface area contributed by atoms with Crippen LogP contribution >= 0.6 is 11.3 Å². The molecule has 0 atom stereocenters. The first kappa shape index (κ1) is 20.0. The minimum atomic E-state index is -0.0196. The maximum absolute atomic E-state index is 12.7. The summed E-state index contributed by atoms with van der Waals surface area (Å²) in [5.41, 5.74) is 6.51. The van der Waals surface area contributed by atoms with Crippen LogP contribution in [-0.4, -0.2) is 10.9 Å². The number of rotatable bonds is 6. The minimum absolute atomic E-state index is 0.0196. The lowest BCUT2D eigenvalue weighted by molar-refractivity contribution is -0.120. The van der Waals surface area contributed by atoms with Crippen LogP contribution in [0.25, 0.3) is 21.0 Å². The lowest BCUT2D eigenvalue weighted by Crippen LogP contribution is -2.24. The predicted octanol–water partition coefficient (Wildman–Crippen LogP) is 5.95. The molecule has 4 heteroatoms. The number of hydrogen-bond donors (Lipinski definition) is 1. The molecule has 0 aliphatic carbocycles. The number of thiazole rings is 1. The summed E-state index contributed by atoms with van der Waals surface area (Å²) in [4.78, 5) is 18.6. The fourth-order valence-corrected chi connectivity index (χ4v) is 4.32. The highest BCUT2D eigenvalue weighted by molar-refractivity contribution is 7.18. The Morgan fingerprint density at radius 3 is 2.13 bits per heavy atom. The monoisotopic (exact) mass is 412 g/mol. The molecule has 30 heavy (non-hydrogen) atoms. The summed E-state index contributed by atoms with van der Waals surface area (Å²) < 4.78 is 0. The Hall–Kier alpha value is -3.24. The van der Waals surface area contributed by atoms with Gasteiger partial charge in [0.05, 0.1) is 17.0 Å². The van der Waals surface area contributed by atoms with Crippen LogP contribution in [0.2, 0.25) is 0 Å². The first-order chi connectivity index (χ1) is 14.6. The highest BCUT2D eigenvalue weighted by atomic mass is 32.1. The van der Waals surface area contributed by atoms with Gasteiger partial charge in [0, 0.05) is 12.1 Å². The van der Waals surface area contributed by atoms with E-state index in [9.17, 15) is 4.79 Å². The molecule has 1 N–H and O–H groups in total. The van der Waals surface area contributed by atoms with Gasteiger partial charge in [0.15, 0.2) is 0 Å². The summed E-state index contributed by atoms with van der Waals surface area (Å²) >= 11 is 1.64. The van der Waals surface area contributed by atoms with Crippen molar-refractivity contribution in [1.82, 2.24) is 10.3 Å². The van der Waals surface area contributed by atoms with Crippen molar-refractivity contribution in [2.24, 2.45) is 0 Å². The third kappa shape index (κ3) is 4.84. The standard InChI is InChI=1S/C26H24N2OS/c1-18-8-12-20(13-9-18)17-27-24(29)16-23-25(21-14-10-19(2)11-15-21)30-26(28-23)22-6-4-3-5-7-22/h3-15H,16-17H2,1-2H3,(H,27,29). The summed E-state index contributed by atoms with van der Waals surface area (Å²) in [5, 5.41) is 3.97. The number of amides is 1. The number of benzene rings is 3. The van der Waals surface area contributed by atoms with Gasteiger partial charge in [-0.15, -0.1) is 11.3 Å². The molecule has 3 aromatic carbocycles. The number of aromatic nitrogens is 1. The molecule has 0 aliphatic rings. The molecule has 0 fully saturated rings. The van der Waals surface area contributed by atoms with E-state index in [2.05, 4.69) is 67.7 Å². The molecular formula is C26H24N2OS. The molecule has 150 valence electrons. The van der Waals surface area contributed by atoms with Gasteiger partial charge >= 0.3 is 0 Å². The number of hydrogen-bond acceptors (Lipinski definition) is 3. The average molecular weight is 413 g/mol. The molecule has 4 aromatic rings. The van der Waals surface area contributed by atoms with Crippen LogP contribution < -0.4 is 5.32 Å². The Bertz CT molecular complexity index is 1130. The van der Waals surface area contributed by atoms with Crippen LogP contribution in [0.1, 0.15) is 22.4 Å². The lowest BCUT2D eigenvalue weighted by atomic mass is 10.1. The lowest BCUT2D eigenvalue weighted by Gasteiger charge is -2.06. The van der Waals surface area contributed by atoms with E-state index in [0.29, 0.717) is 6.54 Å². The normalized spacial score (nSPS) is 10.7.